The summed E-state index contributed by atoms with van der Waals surface area (Å²) in [6.45, 7) is 7.76. The molecule has 3 heterocycles. The Morgan fingerprint density at radius 2 is 1.97 bits per heavy atom. The number of benzene rings is 1. The zero-order chi connectivity index (χ0) is 21.1. The largest absolute Gasteiger partial charge is 0.383 e. The van der Waals surface area contributed by atoms with E-state index < -0.39 is 0 Å². The first-order chi connectivity index (χ1) is 14.5. The van der Waals surface area contributed by atoms with Gasteiger partial charge in [0.25, 0.3) is 5.91 Å². The average molecular weight is 424 g/mol. The van der Waals surface area contributed by atoms with Crippen LogP contribution in [0.25, 0.3) is 10.9 Å². The van der Waals surface area contributed by atoms with Crippen molar-refractivity contribution in [3.63, 3.8) is 0 Å². The predicted molar refractivity (Wildman–Crippen MR) is 124 cm³/mol. The first-order valence-electron chi connectivity index (χ1n) is 10.5. The van der Waals surface area contributed by atoms with Gasteiger partial charge in [0, 0.05) is 49.1 Å². The minimum absolute atomic E-state index is 0.0573. The van der Waals surface area contributed by atoms with E-state index in [0.29, 0.717) is 19.7 Å². The van der Waals surface area contributed by atoms with Gasteiger partial charge in [0.1, 0.15) is 5.82 Å². The van der Waals surface area contributed by atoms with E-state index >= 15 is 0 Å². The van der Waals surface area contributed by atoms with Crippen molar-refractivity contribution in [2.45, 2.75) is 33.2 Å². The third-order valence-electron chi connectivity index (χ3n) is 5.60. The van der Waals surface area contributed by atoms with Gasteiger partial charge in [-0.3, -0.25) is 4.79 Å². The van der Waals surface area contributed by atoms with Gasteiger partial charge in [-0.1, -0.05) is 11.6 Å². The van der Waals surface area contributed by atoms with Crippen molar-refractivity contribution in [1.29, 1.82) is 0 Å². The smallest absolute Gasteiger partial charge is 0.264 e. The monoisotopic (exact) mass is 423 g/mol. The Hall–Kier alpha value is -2.44. The van der Waals surface area contributed by atoms with Gasteiger partial charge in [0.2, 0.25) is 0 Å². The van der Waals surface area contributed by atoms with Crippen LogP contribution in [0.3, 0.4) is 0 Å². The number of hydrogen-bond donors (Lipinski definition) is 0. The summed E-state index contributed by atoms with van der Waals surface area (Å²) in [6, 6.07) is 12.5. The summed E-state index contributed by atoms with van der Waals surface area (Å²) >= 11 is 1.54. The fourth-order valence-corrected chi connectivity index (χ4v) is 4.85. The molecule has 0 N–H and O–H groups in total. The van der Waals surface area contributed by atoms with Crippen LogP contribution in [0.5, 0.6) is 0 Å². The lowest BCUT2D eigenvalue weighted by molar-refractivity contribution is 0.0685. The number of amides is 1. The van der Waals surface area contributed by atoms with Gasteiger partial charge < -0.3 is 14.5 Å². The lowest BCUT2D eigenvalue weighted by Gasteiger charge is -2.26. The van der Waals surface area contributed by atoms with Crippen molar-refractivity contribution in [2.75, 3.05) is 38.3 Å². The molecule has 4 rings (SSSR count). The topological polar surface area (TPSA) is 45.7 Å². The number of methoxy groups -OCH3 is 1. The summed E-state index contributed by atoms with van der Waals surface area (Å²) in [5.41, 5.74) is 3.33. The number of hydrogen-bond acceptors (Lipinski definition) is 5. The van der Waals surface area contributed by atoms with Crippen LogP contribution in [0.4, 0.5) is 5.82 Å². The molecule has 2 aromatic heterocycles. The molecule has 1 aliphatic rings. The summed E-state index contributed by atoms with van der Waals surface area (Å²) in [7, 11) is 1.67. The van der Waals surface area contributed by atoms with Crippen LogP contribution in [0, 0.1) is 13.8 Å². The first-order valence-corrected chi connectivity index (χ1v) is 11.4. The fourth-order valence-electron chi connectivity index (χ4n) is 4.01. The lowest BCUT2D eigenvalue weighted by atomic mass is 10.1. The van der Waals surface area contributed by atoms with Gasteiger partial charge in [-0.15, -0.1) is 11.3 Å². The number of pyridine rings is 1. The van der Waals surface area contributed by atoms with Crippen molar-refractivity contribution in [3.8, 4) is 0 Å². The lowest BCUT2D eigenvalue weighted by Crippen LogP contribution is -2.34. The molecule has 1 fully saturated rings. The van der Waals surface area contributed by atoms with Gasteiger partial charge in [-0.2, -0.15) is 0 Å². The highest BCUT2D eigenvalue weighted by atomic mass is 32.1. The highest BCUT2D eigenvalue weighted by Crippen LogP contribution is 2.29. The Balaban J connectivity index is 1.72. The molecule has 5 nitrogen and oxygen atoms in total. The second-order valence-corrected chi connectivity index (χ2v) is 9.28. The second-order valence-electron chi connectivity index (χ2n) is 7.99. The molecule has 1 amide bonds. The van der Waals surface area contributed by atoms with Crippen molar-refractivity contribution < 1.29 is 9.53 Å². The molecule has 0 bridgehead atoms. The Bertz CT molecular complexity index is 1040. The molecule has 3 aromatic rings. The number of rotatable bonds is 7. The Kier molecular flexibility index (Phi) is 6.35. The molecule has 0 unspecified atom stereocenters. The molecule has 1 saturated heterocycles. The minimum atomic E-state index is 0.0573. The normalized spacial score (nSPS) is 13.9. The maximum Gasteiger partial charge on any atom is 0.264 e. The maximum atomic E-state index is 13.3. The zero-order valence-corrected chi connectivity index (χ0v) is 18.8. The summed E-state index contributed by atoms with van der Waals surface area (Å²) in [5, 5.41) is 1.12. The molecular formula is C24H29N3O2S. The van der Waals surface area contributed by atoms with Crippen LogP contribution in [-0.4, -0.2) is 49.1 Å². The first kappa shape index (κ1) is 20.8. The number of fused-ring (bicyclic) bond motifs is 1. The van der Waals surface area contributed by atoms with Crippen LogP contribution in [0.1, 0.15) is 38.5 Å². The summed E-state index contributed by atoms with van der Waals surface area (Å²) in [5.74, 6) is 1.07. The number of aryl methyl sites for hydroxylation is 2. The molecule has 1 aliphatic heterocycles. The van der Waals surface area contributed by atoms with Crippen LogP contribution >= 0.6 is 11.3 Å². The Labute approximate surface area is 182 Å². The molecule has 1 aromatic carbocycles. The van der Waals surface area contributed by atoms with E-state index in [4.69, 9.17) is 9.72 Å². The average Bonchev–Trinajstić information content (AvgIpc) is 3.42. The van der Waals surface area contributed by atoms with E-state index in [-0.39, 0.29) is 5.91 Å². The number of ether oxygens (including phenoxy) is 1. The predicted octanol–water partition coefficient (Wildman–Crippen LogP) is 4.80. The van der Waals surface area contributed by atoms with Gasteiger partial charge in [0.15, 0.2) is 0 Å². The summed E-state index contributed by atoms with van der Waals surface area (Å²) in [4.78, 5) is 24.5. The number of anilines is 1. The molecule has 6 heteroatoms. The van der Waals surface area contributed by atoms with Crippen LogP contribution in [-0.2, 0) is 11.3 Å². The SMILES string of the molecule is COCCN(Cc1cc2cc(C)ccc2nc1N1CCCC1)C(=O)c1ccc(C)s1. The standard InChI is InChI=1S/C24H29N3O2S/c1-17-6-8-21-19(14-17)15-20(23(25-21)26-10-4-5-11-26)16-27(12-13-29-3)24(28)22-9-7-18(2)30-22/h6-9,14-15H,4-5,10-13,16H2,1-3H3. The minimum Gasteiger partial charge on any atom is -0.383 e. The summed E-state index contributed by atoms with van der Waals surface area (Å²) in [6.07, 6.45) is 2.38. The highest BCUT2D eigenvalue weighted by Gasteiger charge is 2.23. The number of aromatic nitrogens is 1. The maximum absolute atomic E-state index is 13.3. The van der Waals surface area contributed by atoms with Crippen molar-refractivity contribution in [2.24, 2.45) is 0 Å². The van der Waals surface area contributed by atoms with Crippen LogP contribution < -0.4 is 4.90 Å². The highest BCUT2D eigenvalue weighted by molar-refractivity contribution is 7.13. The van der Waals surface area contributed by atoms with Gasteiger partial charge in [0.05, 0.1) is 17.0 Å². The molecule has 0 saturated carbocycles. The molecule has 0 atom stereocenters. The van der Waals surface area contributed by atoms with Crippen LogP contribution in [0.15, 0.2) is 36.4 Å². The Morgan fingerprint density at radius 3 is 2.67 bits per heavy atom. The van der Waals surface area contributed by atoms with Gasteiger partial charge >= 0.3 is 0 Å². The fraction of sp³-hybridized carbons (Fsp3) is 0.417. The van der Waals surface area contributed by atoms with E-state index in [9.17, 15) is 4.79 Å². The number of nitrogens with zero attached hydrogens (tertiary/aromatic N) is 3. The quantitative estimate of drug-likeness (QED) is 0.547. The second kappa shape index (κ2) is 9.14. The third-order valence-corrected chi connectivity index (χ3v) is 6.59. The molecule has 0 radical (unpaired) electrons. The van der Waals surface area contributed by atoms with E-state index in [1.807, 2.05) is 24.0 Å². The van der Waals surface area contributed by atoms with Gasteiger partial charge in [-0.25, -0.2) is 4.98 Å². The molecule has 30 heavy (non-hydrogen) atoms. The Morgan fingerprint density at radius 1 is 1.17 bits per heavy atom. The number of carbonyl (C=O) groups excluding carboxylic acids is 1. The van der Waals surface area contributed by atoms with Gasteiger partial charge in [-0.05, 0) is 57.0 Å². The third kappa shape index (κ3) is 4.50. The van der Waals surface area contributed by atoms with E-state index in [1.54, 1.807) is 18.4 Å². The molecular weight excluding hydrogens is 394 g/mol. The van der Waals surface area contributed by atoms with Crippen molar-refractivity contribution in [3.05, 3.63) is 57.3 Å². The summed E-state index contributed by atoms with van der Waals surface area (Å²) < 4.78 is 5.30. The van der Waals surface area contributed by atoms with Crippen LogP contribution in [0.2, 0.25) is 0 Å². The van der Waals surface area contributed by atoms with Crippen molar-refractivity contribution >= 4 is 34.0 Å². The van der Waals surface area contributed by atoms with E-state index in [2.05, 4.69) is 36.1 Å². The number of carbonyl (C=O) groups is 1. The van der Waals surface area contributed by atoms with Crippen molar-refractivity contribution in [1.82, 2.24) is 9.88 Å². The van der Waals surface area contributed by atoms with E-state index in [1.165, 1.54) is 18.4 Å². The zero-order valence-electron chi connectivity index (χ0n) is 18.0. The molecule has 158 valence electrons. The molecule has 0 spiro atoms. The number of thiophene rings is 1. The van der Waals surface area contributed by atoms with E-state index in [0.717, 1.165) is 45.1 Å². The molecule has 0 aliphatic carbocycles.